The molecule has 2 atom stereocenters. The van der Waals surface area contributed by atoms with Crippen LogP contribution >= 0.6 is 0 Å². The van der Waals surface area contributed by atoms with Crippen LogP contribution in [0.15, 0.2) is 42.5 Å². The van der Waals surface area contributed by atoms with E-state index in [1.54, 1.807) is 0 Å². The number of amides is 2. The van der Waals surface area contributed by atoms with Gasteiger partial charge in [-0.1, -0.05) is 42.5 Å². The predicted molar refractivity (Wildman–Crippen MR) is 119 cm³/mol. The molecular formula is C22H29N4O4S-. The molecule has 2 unspecified atom stereocenters. The van der Waals surface area contributed by atoms with Crippen LogP contribution < -0.4 is 11.1 Å². The second-order valence-corrected chi connectivity index (χ2v) is 8.96. The number of rotatable bonds is 9. The molecule has 0 bridgehead atoms. The lowest BCUT2D eigenvalue weighted by atomic mass is 9.93. The van der Waals surface area contributed by atoms with Crippen LogP contribution in [0.2, 0.25) is 0 Å². The first-order chi connectivity index (χ1) is 14.8. The van der Waals surface area contributed by atoms with Crippen molar-refractivity contribution >= 4 is 33.9 Å². The largest absolute Gasteiger partial charge is 0.760 e. The zero-order valence-electron chi connectivity index (χ0n) is 17.7. The second-order valence-electron chi connectivity index (χ2n) is 8.01. The van der Waals surface area contributed by atoms with E-state index in [-0.39, 0.29) is 31.6 Å². The Hall–Kier alpha value is -2.33. The molecule has 1 aliphatic heterocycles. The third-order valence-electron chi connectivity index (χ3n) is 5.92. The molecule has 0 saturated carbocycles. The second kappa shape index (κ2) is 10.8. The minimum absolute atomic E-state index is 0.179. The first-order valence-corrected chi connectivity index (χ1v) is 11.5. The molecule has 2 amide bonds. The van der Waals surface area contributed by atoms with Crippen LogP contribution in [0.25, 0.3) is 10.8 Å². The Morgan fingerprint density at radius 1 is 1.23 bits per heavy atom. The van der Waals surface area contributed by atoms with Gasteiger partial charge in [0, 0.05) is 23.9 Å². The van der Waals surface area contributed by atoms with Gasteiger partial charge in [0.25, 0.3) is 0 Å². The van der Waals surface area contributed by atoms with Crippen LogP contribution in [0, 0.1) is 5.92 Å². The fraction of sp³-hybridized carbons (Fsp3) is 0.455. The number of piperidine rings is 1. The molecule has 0 aromatic heterocycles. The summed E-state index contributed by atoms with van der Waals surface area (Å²) in [6, 6.07) is 15.0. The van der Waals surface area contributed by atoms with Crippen molar-refractivity contribution in [3.63, 3.8) is 0 Å². The van der Waals surface area contributed by atoms with Crippen molar-refractivity contribution in [2.75, 3.05) is 32.7 Å². The van der Waals surface area contributed by atoms with Crippen LogP contribution in [0.1, 0.15) is 31.4 Å². The lowest BCUT2D eigenvalue weighted by Crippen LogP contribution is -2.44. The van der Waals surface area contributed by atoms with Gasteiger partial charge in [0.05, 0.1) is 13.1 Å². The highest BCUT2D eigenvalue weighted by atomic mass is 32.2. The van der Waals surface area contributed by atoms with Gasteiger partial charge < -0.3 is 15.6 Å². The monoisotopic (exact) mass is 445 g/mol. The highest BCUT2D eigenvalue weighted by Gasteiger charge is 2.26. The fourth-order valence-electron chi connectivity index (χ4n) is 4.20. The Balaban J connectivity index is 1.56. The molecule has 1 aliphatic rings. The average molecular weight is 446 g/mol. The molecule has 0 aliphatic carbocycles. The third kappa shape index (κ3) is 6.33. The number of benzene rings is 2. The summed E-state index contributed by atoms with van der Waals surface area (Å²) in [6.45, 7) is 3.61. The number of nitrogens with one attached hydrogen (secondary N) is 1. The first-order valence-electron chi connectivity index (χ1n) is 10.5. The molecule has 2 aromatic carbocycles. The molecule has 0 radical (unpaired) electrons. The molecule has 0 spiro atoms. The molecule has 2 aromatic rings. The average Bonchev–Trinajstić information content (AvgIpc) is 2.76. The minimum Gasteiger partial charge on any atom is -0.760 e. The number of carbonyl (C=O) groups is 2. The van der Waals surface area contributed by atoms with Gasteiger partial charge in [0.15, 0.2) is 0 Å². The van der Waals surface area contributed by atoms with Crippen LogP contribution in [0.4, 0.5) is 0 Å². The number of hydrogen-bond acceptors (Lipinski definition) is 5. The van der Waals surface area contributed by atoms with E-state index in [0.29, 0.717) is 0 Å². The van der Waals surface area contributed by atoms with Gasteiger partial charge in [-0.15, -0.1) is 0 Å². The Bertz CT molecular complexity index is 941. The molecule has 1 saturated heterocycles. The molecule has 9 heteroatoms. The van der Waals surface area contributed by atoms with Crippen molar-refractivity contribution in [2.45, 2.75) is 25.8 Å². The molecule has 3 N–H and O–H groups in total. The summed E-state index contributed by atoms with van der Waals surface area (Å²) in [7, 11) is 0. The zero-order valence-corrected chi connectivity index (χ0v) is 18.5. The predicted octanol–water partition coefficient (Wildman–Crippen LogP) is 1.31. The lowest BCUT2D eigenvalue weighted by Gasteiger charge is -2.38. The van der Waals surface area contributed by atoms with Crippen LogP contribution in [0.3, 0.4) is 0 Å². The van der Waals surface area contributed by atoms with Crippen LogP contribution in [-0.4, -0.2) is 62.5 Å². The molecule has 3 rings (SSSR count). The normalized spacial score (nSPS) is 17.5. The fourth-order valence-corrected chi connectivity index (χ4v) is 4.76. The zero-order chi connectivity index (χ0) is 22.4. The Morgan fingerprint density at radius 2 is 1.90 bits per heavy atom. The van der Waals surface area contributed by atoms with Crippen molar-refractivity contribution in [1.29, 1.82) is 0 Å². The van der Waals surface area contributed by atoms with Gasteiger partial charge in [-0.25, -0.2) is 4.31 Å². The molecule has 168 valence electrons. The standard InChI is InChI=1S/C22H30N4O4S/c1-16(19-8-4-6-18-5-2-3-7-20(18)19)25-11-9-17(10-12-25)14-26(31(29)30)15-22(28)24-13-21(23)27/h2-8,16-17H,9-15H2,1H3,(H2,23,27)(H,24,28)(H,29,30)/p-1. The van der Waals surface area contributed by atoms with E-state index >= 15 is 0 Å². The van der Waals surface area contributed by atoms with E-state index in [9.17, 15) is 18.4 Å². The van der Waals surface area contributed by atoms with E-state index in [4.69, 9.17) is 5.73 Å². The molecule has 1 heterocycles. The topological polar surface area (TPSA) is 119 Å². The minimum atomic E-state index is -2.51. The van der Waals surface area contributed by atoms with Gasteiger partial charge in [0.2, 0.25) is 11.8 Å². The number of nitrogens with two attached hydrogens (primary N) is 1. The number of hydrogen-bond donors (Lipinski definition) is 2. The van der Waals surface area contributed by atoms with E-state index in [2.05, 4.69) is 53.5 Å². The number of primary amides is 1. The summed E-state index contributed by atoms with van der Waals surface area (Å²) in [5.74, 6) is -1.03. The summed E-state index contributed by atoms with van der Waals surface area (Å²) in [5, 5.41) is 4.81. The first kappa shape index (κ1) is 23.3. The van der Waals surface area contributed by atoms with Crippen LogP contribution in [0.5, 0.6) is 0 Å². The summed E-state index contributed by atoms with van der Waals surface area (Å²) in [5.41, 5.74) is 6.29. The smallest absolute Gasteiger partial charge is 0.236 e. The quantitative estimate of drug-likeness (QED) is 0.564. The SMILES string of the molecule is CC(c1cccc2ccccc12)N1CCC(CN(CC(=O)NCC(N)=O)S(=O)[O-])CC1. The Morgan fingerprint density at radius 3 is 2.58 bits per heavy atom. The lowest BCUT2D eigenvalue weighted by molar-refractivity contribution is -0.125. The Kier molecular flexibility index (Phi) is 8.14. The molecule has 8 nitrogen and oxygen atoms in total. The van der Waals surface area contributed by atoms with Crippen molar-refractivity contribution in [1.82, 2.24) is 14.5 Å². The highest BCUT2D eigenvalue weighted by molar-refractivity contribution is 7.76. The molecular weight excluding hydrogens is 416 g/mol. The van der Waals surface area contributed by atoms with Gasteiger partial charge in [-0.05, 0) is 55.1 Å². The summed E-state index contributed by atoms with van der Waals surface area (Å²) in [4.78, 5) is 25.1. The number of carbonyl (C=O) groups excluding carboxylic acids is 2. The van der Waals surface area contributed by atoms with Gasteiger partial charge >= 0.3 is 0 Å². The maximum Gasteiger partial charge on any atom is 0.236 e. The highest BCUT2D eigenvalue weighted by Crippen LogP contribution is 2.31. The number of likely N-dealkylation sites (tertiary alicyclic amines) is 1. The summed E-state index contributed by atoms with van der Waals surface area (Å²) >= 11 is -2.51. The van der Waals surface area contributed by atoms with E-state index < -0.39 is 23.1 Å². The summed E-state index contributed by atoms with van der Waals surface area (Å²) < 4.78 is 24.3. The Labute approximate surface area is 185 Å². The third-order valence-corrected chi connectivity index (χ3v) is 6.62. The van der Waals surface area contributed by atoms with E-state index in [1.807, 2.05) is 6.07 Å². The number of nitrogens with zero attached hydrogens (tertiary/aromatic N) is 2. The van der Waals surface area contributed by atoms with Crippen LogP contribution in [-0.2, 0) is 20.9 Å². The maximum atomic E-state index is 11.9. The van der Waals surface area contributed by atoms with E-state index in [0.717, 1.165) is 30.2 Å². The molecule has 1 fully saturated rings. The van der Waals surface area contributed by atoms with E-state index in [1.165, 1.54) is 16.3 Å². The molecule has 31 heavy (non-hydrogen) atoms. The van der Waals surface area contributed by atoms with Gasteiger partial charge in [-0.3, -0.25) is 18.7 Å². The van der Waals surface area contributed by atoms with Gasteiger partial charge in [0.1, 0.15) is 0 Å². The van der Waals surface area contributed by atoms with Crippen molar-refractivity contribution < 1.29 is 18.4 Å². The van der Waals surface area contributed by atoms with Crippen molar-refractivity contribution in [2.24, 2.45) is 11.7 Å². The van der Waals surface area contributed by atoms with Gasteiger partial charge in [-0.2, -0.15) is 0 Å². The van der Waals surface area contributed by atoms with Crippen molar-refractivity contribution in [3.05, 3.63) is 48.0 Å². The van der Waals surface area contributed by atoms with Crippen molar-refractivity contribution in [3.8, 4) is 0 Å². The summed E-state index contributed by atoms with van der Waals surface area (Å²) in [6.07, 6.45) is 1.71. The number of fused-ring (bicyclic) bond motifs is 1. The maximum absolute atomic E-state index is 11.9.